The van der Waals surface area contributed by atoms with Gasteiger partial charge in [-0.3, -0.25) is 4.79 Å². The van der Waals surface area contributed by atoms with Crippen LogP contribution in [0.15, 0.2) is 58.9 Å². The van der Waals surface area contributed by atoms with E-state index in [1.807, 2.05) is 61.5 Å². The maximum atomic E-state index is 12.0. The molecule has 0 radical (unpaired) electrons. The second kappa shape index (κ2) is 10.3. The first-order valence-corrected chi connectivity index (χ1v) is 11.2. The third-order valence-electron chi connectivity index (χ3n) is 4.21. The highest BCUT2D eigenvalue weighted by Gasteiger charge is 2.12. The number of nitrogens with zero attached hydrogens (tertiary/aromatic N) is 2. The van der Waals surface area contributed by atoms with Crippen LogP contribution in [0.4, 0.5) is 10.8 Å². The molecule has 3 aromatic rings. The fourth-order valence-corrected chi connectivity index (χ4v) is 3.85. The Balaban J connectivity index is 1.49. The second-order valence-electron chi connectivity index (χ2n) is 6.83. The Labute approximate surface area is 179 Å². The van der Waals surface area contributed by atoms with E-state index in [4.69, 9.17) is 4.74 Å². The molecule has 0 spiro atoms. The maximum Gasteiger partial charge on any atom is 0.230 e. The lowest BCUT2D eigenvalue weighted by Gasteiger charge is -2.16. The van der Waals surface area contributed by atoms with E-state index in [-0.39, 0.29) is 11.9 Å². The maximum absolute atomic E-state index is 12.0. The Morgan fingerprint density at radius 2 is 1.72 bits per heavy atom. The molecular formula is C21H24N4O2S2. The van der Waals surface area contributed by atoms with Crippen LogP contribution in [-0.2, 0) is 4.79 Å². The van der Waals surface area contributed by atoms with E-state index in [9.17, 15) is 4.79 Å². The summed E-state index contributed by atoms with van der Waals surface area (Å²) in [6.45, 7) is 6.18. The first-order valence-electron chi connectivity index (χ1n) is 9.35. The number of amides is 1. The number of nitrogens with one attached hydrogen (secondary N) is 2. The number of benzene rings is 2. The van der Waals surface area contributed by atoms with Crippen molar-refractivity contribution in [3.63, 3.8) is 0 Å². The lowest BCUT2D eigenvalue weighted by atomic mass is 10.1. The molecule has 29 heavy (non-hydrogen) atoms. The van der Waals surface area contributed by atoms with Crippen molar-refractivity contribution in [1.29, 1.82) is 0 Å². The SMILES string of the molecule is CC(C)[C@H](C)NC(=O)CSc1nnc(Nc2ccc(Oc3ccccc3)cc2)s1. The van der Waals surface area contributed by atoms with Crippen molar-refractivity contribution in [2.45, 2.75) is 31.2 Å². The predicted molar refractivity (Wildman–Crippen MR) is 119 cm³/mol. The lowest BCUT2D eigenvalue weighted by Crippen LogP contribution is -2.37. The third kappa shape index (κ3) is 6.76. The molecule has 0 saturated carbocycles. The molecule has 152 valence electrons. The Kier molecular flexibility index (Phi) is 7.48. The molecule has 0 unspecified atom stereocenters. The van der Waals surface area contributed by atoms with Gasteiger partial charge in [-0.1, -0.05) is 55.1 Å². The summed E-state index contributed by atoms with van der Waals surface area (Å²) >= 11 is 2.81. The van der Waals surface area contributed by atoms with Crippen LogP contribution in [0.3, 0.4) is 0 Å². The number of hydrogen-bond donors (Lipinski definition) is 2. The molecule has 1 heterocycles. The molecule has 0 fully saturated rings. The van der Waals surface area contributed by atoms with E-state index >= 15 is 0 Å². The zero-order valence-electron chi connectivity index (χ0n) is 16.6. The van der Waals surface area contributed by atoms with Crippen LogP contribution in [0, 0.1) is 5.92 Å². The minimum absolute atomic E-state index is 0.00918. The van der Waals surface area contributed by atoms with Crippen molar-refractivity contribution in [2.24, 2.45) is 5.92 Å². The fraction of sp³-hybridized carbons (Fsp3) is 0.286. The van der Waals surface area contributed by atoms with Crippen molar-refractivity contribution < 1.29 is 9.53 Å². The van der Waals surface area contributed by atoms with E-state index in [1.165, 1.54) is 23.1 Å². The Morgan fingerprint density at radius 3 is 2.41 bits per heavy atom. The molecule has 0 aliphatic rings. The number of ether oxygens (including phenoxy) is 1. The molecule has 2 aromatic carbocycles. The summed E-state index contributed by atoms with van der Waals surface area (Å²) in [4.78, 5) is 12.0. The molecule has 1 atom stereocenters. The monoisotopic (exact) mass is 428 g/mol. The van der Waals surface area contributed by atoms with Crippen LogP contribution in [0.5, 0.6) is 11.5 Å². The molecule has 3 rings (SSSR count). The lowest BCUT2D eigenvalue weighted by molar-refractivity contribution is -0.119. The van der Waals surface area contributed by atoms with Gasteiger partial charge in [-0.25, -0.2) is 0 Å². The molecule has 0 bridgehead atoms. The highest BCUT2D eigenvalue weighted by Crippen LogP contribution is 2.29. The van der Waals surface area contributed by atoms with Crippen molar-refractivity contribution in [3.05, 3.63) is 54.6 Å². The smallest absolute Gasteiger partial charge is 0.230 e. The molecule has 2 N–H and O–H groups in total. The van der Waals surface area contributed by atoms with E-state index in [1.54, 1.807) is 0 Å². The van der Waals surface area contributed by atoms with Crippen molar-refractivity contribution in [1.82, 2.24) is 15.5 Å². The summed E-state index contributed by atoms with van der Waals surface area (Å²) in [5.41, 5.74) is 0.890. The summed E-state index contributed by atoms with van der Waals surface area (Å²) in [6, 6.07) is 17.4. The van der Waals surface area contributed by atoms with Gasteiger partial charge in [0.15, 0.2) is 4.34 Å². The van der Waals surface area contributed by atoms with Crippen LogP contribution < -0.4 is 15.4 Å². The third-order valence-corrected chi connectivity index (χ3v) is 6.18. The second-order valence-corrected chi connectivity index (χ2v) is 9.03. The van der Waals surface area contributed by atoms with E-state index in [2.05, 4.69) is 34.7 Å². The number of para-hydroxylation sites is 1. The van der Waals surface area contributed by atoms with Crippen LogP contribution in [0.1, 0.15) is 20.8 Å². The largest absolute Gasteiger partial charge is 0.457 e. The molecule has 0 aliphatic heterocycles. The minimum Gasteiger partial charge on any atom is -0.457 e. The number of carbonyl (C=O) groups is 1. The van der Waals surface area contributed by atoms with Gasteiger partial charge >= 0.3 is 0 Å². The number of aromatic nitrogens is 2. The molecule has 0 aliphatic carbocycles. The van der Waals surface area contributed by atoms with Gasteiger partial charge in [-0.05, 0) is 49.2 Å². The molecular weight excluding hydrogens is 404 g/mol. The van der Waals surface area contributed by atoms with Gasteiger partial charge in [0.25, 0.3) is 0 Å². The van der Waals surface area contributed by atoms with Gasteiger partial charge in [0, 0.05) is 11.7 Å². The average Bonchev–Trinajstić information content (AvgIpc) is 3.16. The molecule has 8 heteroatoms. The number of rotatable bonds is 9. The fourth-order valence-electron chi connectivity index (χ4n) is 2.26. The van der Waals surface area contributed by atoms with Gasteiger partial charge in [-0.15, -0.1) is 10.2 Å². The molecule has 1 aromatic heterocycles. The Hall–Kier alpha value is -2.58. The number of anilines is 2. The molecule has 6 nitrogen and oxygen atoms in total. The van der Waals surface area contributed by atoms with E-state index < -0.39 is 0 Å². The number of hydrogen-bond acceptors (Lipinski definition) is 7. The standard InChI is InChI=1S/C21H24N4O2S2/c1-14(2)15(3)22-19(26)13-28-21-25-24-20(29-21)23-16-9-11-18(12-10-16)27-17-7-5-4-6-8-17/h4-12,14-15H,13H2,1-3H3,(H,22,26)(H,23,24)/t15-/m0/s1. The predicted octanol–water partition coefficient (Wildman–Crippen LogP) is 5.33. The van der Waals surface area contributed by atoms with Gasteiger partial charge in [0.1, 0.15) is 11.5 Å². The normalized spacial score (nSPS) is 11.9. The highest BCUT2D eigenvalue weighted by atomic mass is 32.2. The number of thioether (sulfide) groups is 1. The summed E-state index contributed by atoms with van der Waals surface area (Å²) in [5.74, 6) is 2.31. The summed E-state index contributed by atoms with van der Waals surface area (Å²) in [5, 5.41) is 15.2. The summed E-state index contributed by atoms with van der Waals surface area (Å²) in [6.07, 6.45) is 0. The Morgan fingerprint density at radius 1 is 1.03 bits per heavy atom. The zero-order valence-corrected chi connectivity index (χ0v) is 18.2. The molecule has 0 saturated heterocycles. The van der Waals surface area contributed by atoms with Crippen molar-refractivity contribution >= 4 is 39.8 Å². The van der Waals surface area contributed by atoms with Crippen LogP contribution in [-0.4, -0.2) is 27.9 Å². The zero-order chi connectivity index (χ0) is 20.6. The van der Waals surface area contributed by atoms with Gasteiger partial charge in [0.2, 0.25) is 11.0 Å². The van der Waals surface area contributed by atoms with E-state index in [0.717, 1.165) is 21.5 Å². The van der Waals surface area contributed by atoms with Gasteiger partial charge < -0.3 is 15.4 Å². The highest BCUT2D eigenvalue weighted by molar-refractivity contribution is 8.01. The average molecular weight is 429 g/mol. The molecule has 1 amide bonds. The van der Waals surface area contributed by atoms with Crippen LogP contribution in [0.2, 0.25) is 0 Å². The van der Waals surface area contributed by atoms with Crippen LogP contribution in [0.25, 0.3) is 0 Å². The summed E-state index contributed by atoms with van der Waals surface area (Å²) in [7, 11) is 0. The van der Waals surface area contributed by atoms with Crippen LogP contribution >= 0.6 is 23.1 Å². The minimum atomic E-state index is 0.00918. The topological polar surface area (TPSA) is 76.1 Å². The van der Waals surface area contributed by atoms with Crippen molar-refractivity contribution in [2.75, 3.05) is 11.1 Å². The van der Waals surface area contributed by atoms with Gasteiger partial charge in [-0.2, -0.15) is 0 Å². The number of carbonyl (C=O) groups excluding carboxylic acids is 1. The first kappa shape index (κ1) is 21.1. The first-order chi connectivity index (χ1) is 14.0. The summed E-state index contributed by atoms with van der Waals surface area (Å²) < 4.78 is 6.54. The quantitative estimate of drug-likeness (QED) is 0.449. The van der Waals surface area contributed by atoms with Gasteiger partial charge in [0.05, 0.1) is 5.75 Å². The van der Waals surface area contributed by atoms with E-state index in [0.29, 0.717) is 16.8 Å². The Bertz CT molecular complexity index is 914. The van der Waals surface area contributed by atoms with Crippen molar-refractivity contribution in [3.8, 4) is 11.5 Å².